The fourth-order valence-corrected chi connectivity index (χ4v) is 3.43. The van der Waals surface area contributed by atoms with Gasteiger partial charge in [-0.05, 0) is 61.4 Å². The second-order valence-electron chi connectivity index (χ2n) is 7.19. The molecule has 0 radical (unpaired) electrons. The highest BCUT2D eigenvalue weighted by Crippen LogP contribution is 2.27. The zero-order valence-corrected chi connectivity index (χ0v) is 16.6. The second kappa shape index (κ2) is 7.80. The summed E-state index contributed by atoms with van der Waals surface area (Å²) in [6.07, 6.45) is 1.98. The summed E-state index contributed by atoms with van der Waals surface area (Å²) in [6.45, 7) is 3.66. The number of nitriles is 1. The lowest BCUT2D eigenvalue weighted by Gasteiger charge is -2.09. The van der Waals surface area contributed by atoms with Crippen molar-refractivity contribution in [2.75, 3.05) is 5.32 Å². The van der Waals surface area contributed by atoms with Crippen LogP contribution in [0.2, 0.25) is 0 Å². The van der Waals surface area contributed by atoms with E-state index in [2.05, 4.69) is 11.4 Å². The number of nitrogens with one attached hydrogen (secondary N) is 1. The largest absolute Gasteiger partial charge is 0.325 e. The quantitative estimate of drug-likeness (QED) is 0.536. The number of halogens is 1. The van der Waals surface area contributed by atoms with Crippen LogP contribution in [0.1, 0.15) is 22.4 Å². The third kappa shape index (κ3) is 3.65. The fourth-order valence-electron chi connectivity index (χ4n) is 3.43. The van der Waals surface area contributed by atoms with Crippen molar-refractivity contribution in [1.29, 1.82) is 5.26 Å². The Kier molecular flexibility index (Phi) is 5.03. The number of imidazole rings is 1. The van der Waals surface area contributed by atoms with Gasteiger partial charge in [0, 0.05) is 11.8 Å². The summed E-state index contributed by atoms with van der Waals surface area (Å²) in [5, 5.41) is 12.1. The van der Waals surface area contributed by atoms with Crippen LogP contribution in [0, 0.1) is 31.0 Å². The summed E-state index contributed by atoms with van der Waals surface area (Å²) >= 11 is 0. The fraction of sp³-hybridized carbons (Fsp3) is 0.125. The maximum Gasteiger partial charge on any atom is 0.230 e. The van der Waals surface area contributed by atoms with Gasteiger partial charge in [0.1, 0.15) is 17.5 Å². The number of anilines is 1. The number of pyridine rings is 1. The smallest absolute Gasteiger partial charge is 0.230 e. The lowest BCUT2D eigenvalue weighted by atomic mass is 10.1. The number of aryl methyl sites for hydroxylation is 2. The van der Waals surface area contributed by atoms with Crippen molar-refractivity contribution in [2.24, 2.45) is 0 Å². The number of para-hydroxylation sites is 1. The van der Waals surface area contributed by atoms with Crippen molar-refractivity contribution in [3.63, 3.8) is 0 Å². The first-order chi connectivity index (χ1) is 14.5. The summed E-state index contributed by atoms with van der Waals surface area (Å²) in [6, 6.07) is 17.6. The van der Waals surface area contributed by atoms with Crippen molar-refractivity contribution < 1.29 is 9.18 Å². The molecule has 30 heavy (non-hydrogen) atoms. The van der Waals surface area contributed by atoms with E-state index in [1.807, 2.05) is 29.7 Å². The number of rotatable bonds is 4. The molecule has 0 atom stereocenters. The molecule has 0 fully saturated rings. The molecule has 4 rings (SSSR count). The Morgan fingerprint density at radius 1 is 1.17 bits per heavy atom. The molecule has 0 saturated carbocycles. The Morgan fingerprint density at radius 2 is 1.97 bits per heavy atom. The van der Waals surface area contributed by atoms with Gasteiger partial charge in [-0.25, -0.2) is 9.37 Å². The van der Waals surface area contributed by atoms with Gasteiger partial charge in [0.2, 0.25) is 5.91 Å². The monoisotopic (exact) mass is 398 g/mol. The summed E-state index contributed by atoms with van der Waals surface area (Å²) in [5.41, 5.74) is 5.19. The van der Waals surface area contributed by atoms with E-state index in [1.165, 1.54) is 6.07 Å². The van der Waals surface area contributed by atoms with E-state index in [0.717, 1.165) is 11.1 Å². The van der Waals surface area contributed by atoms with Crippen molar-refractivity contribution >= 4 is 17.2 Å². The van der Waals surface area contributed by atoms with Crippen LogP contribution in [0.25, 0.3) is 16.9 Å². The highest BCUT2D eigenvalue weighted by molar-refractivity contribution is 5.94. The minimum atomic E-state index is -0.286. The van der Waals surface area contributed by atoms with E-state index in [9.17, 15) is 14.4 Å². The minimum absolute atomic E-state index is 0.0517. The van der Waals surface area contributed by atoms with E-state index in [-0.39, 0.29) is 18.1 Å². The predicted octanol–water partition coefficient (Wildman–Crippen LogP) is 4.81. The number of amides is 1. The number of carbonyl (C=O) groups excluding carboxylic acids is 1. The molecule has 0 aliphatic heterocycles. The number of hydrogen-bond acceptors (Lipinski definition) is 3. The van der Waals surface area contributed by atoms with Gasteiger partial charge in [0.15, 0.2) is 0 Å². The number of fused-ring (bicyclic) bond motifs is 1. The molecule has 4 aromatic rings. The first-order valence-electron chi connectivity index (χ1n) is 9.49. The van der Waals surface area contributed by atoms with E-state index in [0.29, 0.717) is 33.8 Å². The molecule has 2 aromatic carbocycles. The van der Waals surface area contributed by atoms with Crippen molar-refractivity contribution in [3.8, 4) is 17.3 Å². The van der Waals surface area contributed by atoms with E-state index in [1.54, 1.807) is 43.3 Å². The molecule has 2 aromatic heterocycles. The molecule has 1 amide bonds. The molecule has 5 nitrogen and oxygen atoms in total. The maximum atomic E-state index is 13.8. The van der Waals surface area contributed by atoms with Gasteiger partial charge in [-0.2, -0.15) is 5.26 Å². The molecule has 0 bridgehead atoms. The number of nitrogens with zero attached hydrogens (tertiary/aromatic N) is 3. The van der Waals surface area contributed by atoms with Crippen LogP contribution in [0.15, 0.2) is 60.8 Å². The summed E-state index contributed by atoms with van der Waals surface area (Å²) in [4.78, 5) is 17.6. The normalized spacial score (nSPS) is 10.7. The second-order valence-corrected chi connectivity index (χ2v) is 7.19. The average Bonchev–Trinajstić information content (AvgIpc) is 3.08. The van der Waals surface area contributed by atoms with Crippen molar-refractivity contribution in [3.05, 3.63) is 89.0 Å². The van der Waals surface area contributed by atoms with Gasteiger partial charge in [-0.1, -0.05) is 18.2 Å². The van der Waals surface area contributed by atoms with Crippen LogP contribution < -0.4 is 5.32 Å². The Balaban J connectivity index is 1.76. The van der Waals surface area contributed by atoms with Crippen molar-refractivity contribution in [2.45, 2.75) is 20.3 Å². The highest BCUT2D eigenvalue weighted by Gasteiger charge is 2.18. The topological polar surface area (TPSA) is 70.2 Å². The molecule has 2 heterocycles. The van der Waals surface area contributed by atoms with Gasteiger partial charge in [0.25, 0.3) is 0 Å². The number of aromatic nitrogens is 2. The van der Waals surface area contributed by atoms with E-state index < -0.39 is 0 Å². The van der Waals surface area contributed by atoms with Gasteiger partial charge < -0.3 is 9.72 Å². The molecule has 0 aliphatic carbocycles. The zero-order chi connectivity index (χ0) is 21.3. The lowest BCUT2D eigenvalue weighted by Crippen LogP contribution is -2.16. The third-order valence-electron chi connectivity index (χ3n) is 4.95. The van der Waals surface area contributed by atoms with Crippen LogP contribution in [0.3, 0.4) is 0 Å². The molecule has 1 N–H and O–H groups in total. The van der Waals surface area contributed by atoms with Crippen LogP contribution in [0.5, 0.6) is 0 Å². The highest BCUT2D eigenvalue weighted by atomic mass is 19.1. The SMILES string of the molecule is Cc1ccc2nc(-c3ccc(F)c(C)c3)c(CC(=O)Nc3ccccc3C#N)n2c1. The maximum absolute atomic E-state index is 13.8. The molecule has 0 spiro atoms. The first-order valence-corrected chi connectivity index (χ1v) is 9.49. The number of benzene rings is 2. The average molecular weight is 398 g/mol. The molecular weight excluding hydrogens is 379 g/mol. The van der Waals surface area contributed by atoms with Crippen LogP contribution in [-0.4, -0.2) is 15.3 Å². The molecule has 148 valence electrons. The molecule has 0 saturated heterocycles. The molecular formula is C24H19FN4O. The Morgan fingerprint density at radius 3 is 2.73 bits per heavy atom. The van der Waals surface area contributed by atoms with Crippen LogP contribution in [-0.2, 0) is 11.2 Å². The van der Waals surface area contributed by atoms with Gasteiger partial charge in [0.05, 0.1) is 29.1 Å². The number of hydrogen-bond donors (Lipinski definition) is 1. The van der Waals surface area contributed by atoms with Gasteiger partial charge >= 0.3 is 0 Å². The van der Waals surface area contributed by atoms with E-state index >= 15 is 0 Å². The molecule has 0 aliphatic rings. The van der Waals surface area contributed by atoms with Crippen molar-refractivity contribution in [1.82, 2.24) is 9.38 Å². The van der Waals surface area contributed by atoms with Crippen LogP contribution >= 0.6 is 0 Å². The predicted molar refractivity (Wildman–Crippen MR) is 114 cm³/mol. The standard InChI is InChI=1S/C24H19FN4O/c1-15-7-10-22-28-24(17-8-9-19(25)16(2)11-17)21(29(22)14-15)12-23(30)27-20-6-4-3-5-18(20)13-26/h3-11,14H,12H2,1-2H3,(H,27,30). The summed E-state index contributed by atoms with van der Waals surface area (Å²) in [5.74, 6) is -0.549. The zero-order valence-electron chi connectivity index (χ0n) is 16.6. The van der Waals surface area contributed by atoms with Gasteiger partial charge in [-0.3, -0.25) is 4.79 Å². The number of carbonyl (C=O) groups is 1. The summed E-state index contributed by atoms with van der Waals surface area (Å²) < 4.78 is 15.7. The van der Waals surface area contributed by atoms with Crippen LogP contribution in [0.4, 0.5) is 10.1 Å². The lowest BCUT2D eigenvalue weighted by molar-refractivity contribution is -0.115. The van der Waals surface area contributed by atoms with Gasteiger partial charge in [-0.15, -0.1) is 0 Å². The third-order valence-corrected chi connectivity index (χ3v) is 4.95. The first kappa shape index (κ1) is 19.3. The Labute approximate surface area is 173 Å². The Hall–Kier alpha value is -3.98. The van der Waals surface area contributed by atoms with E-state index in [4.69, 9.17) is 4.98 Å². The molecule has 0 unspecified atom stereocenters. The minimum Gasteiger partial charge on any atom is -0.325 e. The molecule has 6 heteroatoms. The Bertz CT molecular complexity index is 1320. The summed E-state index contributed by atoms with van der Waals surface area (Å²) in [7, 11) is 0.